The van der Waals surface area contributed by atoms with E-state index in [1.54, 1.807) is 24.3 Å². The van der Waals surface area contributed by atoms with Crippen molar-refractivity contribution in [2.24, 2.45) is 0 Å². The molecule has 3 heteroatoms. The molecule has 0 saturated carbocycles. The Kier molecular flexibility index (Phi) is 1.93. The highest BCUT2D eigenvalue weighted by Crippen LogP contribution is 2.39. The third kappa shape index (κ3) is 1.12. The summed E-state index contributed by atoms with van der Waals surface area (Å²) in [5.74, 6) is 0.613. The summed E-state index contributed by atoms with van der Waals surface area (Å²) >= 11 is 0. The minimum absolute atomic E-state index is 0.385. The summed E-state index contributed by atoms with van der Waals surface area (Å²) in [7, 11) is 0. The van der Waals surface area contributed by atoms with Crippen LogP contribution in [0, 0.1) is 13.1 Å². The molecule has 0 spiro atoms. The molecule has 66 valence electrons. The molecule has 1 heterocycles. The van der Waals surface area contributed by atoms with Crippen molar-refractivity contribution in [3.8, 4) is 5.75 Å². The Morgan fingerprint density at radius 3 is 2.86 bits per heavy atom. The van der Waals surface area contributed by atoms with Gasteiger partial charge in [-0.25, -0.2) is 11.4 Å². The average Bonchev–Trinajstić information content (AvgIpc) is 2.27. The fraction of sp³-hybridized carbons (Fsp3) is 0.0909. The fourth-order valence-electron chi connectivity index (χ4n) is 1.42. The molecule has 2 rings (SSSR count). The van der Waals surface area contributed by atoms with Crippen LogP contribution in [0.15, 0.2) is 30.5 Å². The highest BCUT2D eigenvalue weighted by atomic mass is 16.5. The van der Waals surface area contributed by atoms with Gasteiger partial charge in [0.1, 0.15) is 5.75 Å². The van der Waals surface area contributed by atoms with Crippen molar-refractivity contribution in [3.63, 3.8) is 0 Å². The first-order chi connectivity index (χ1) is 6.86. The van der Waals surface area contributed by atoms with Gasteiger partial charge in [-0.2, -0.15) is 0 Å². The fourth-order valence-corrected chi connectivity index (χ4v) is 1.42. The van der Waals surface area contributed by atoms with Gasteiger partial charge < -0.3 is 9.58 Å². The summed E-state index contributed by atoms with van der Waals surface area (Å²) in [6.45, 7) is 14.0. The van der Waals surface area contributed by atoms with Crippen molar-refractivity contribution >= 4 is 5.69 Å². The lowest BCUT2D eigenvalue weighted by Gasteiger charge is -2.13. The molecule has 14 heavy (non-hydrogen) atoms. The number of hydrogen-bond donors (Lipinski definition) is 0. The molecule has 0 aromatic heterocycles. The van der Waals surface area contributed by atoms with Gasteiger partial charge in [-0.05, 0) is 6.07 Å². The summed E-state index contributed by atoms with van der Waals surface area (Å²) < 4.78 is 5.23. The van der Waals surface area contributed by atoms with Gasteiger partial charge in [-0.15, -0.1) is 0 Å². The number of fused-ring (bicyclic) bond motifs is 1. The summed E-state index contributed by atoms with van der Waals surface area (Å²) in [4.78, 5) is 6.81. The van der Waals surface area contributed by atoms with Gasteiger partial charge in [0, 0.05) is 6.08 Å². The first-order valence-corrected chi connectivity index (χ1v) is 4.07. The summed E-state index contributed by atoms with van der Waals surface area (Å²) in [6, 6.07) is 4.84. The minimum atomic E-state index is -0.385. The van der Waals surface area contributed by atoms with Crippen LogP contribution in [0.1, 0.15) is 11.6 Å². The Balaban J connectivity index is 2.65. The molecule has 0 fully saturated rings. The average molecular weight is 182 g/mol. The lowest BCUT2D eigenvalue weighted by atomic mass is 10.0. The zero-order chi connectivity index (χ0) is 9.97. The standard InChI is InChI=1S/C11H6N2O/c1-12-8-4-3-5-10-11(8)9(13-2)6-7-14-10/h3-7,9H. The lowest BCUT2D eigenvalue weighted by Crippen LogP contribution is -2.00. The third-order valence-electron chi connectivity index (χ3n) is 2.05. The smallest absolute Gasteiger partial charge is 0.265 e. The van der Waals surface area contributed by atoms with E-state index in [-0.39, 0.29) is 6.04 Å². The number of ether oxygens (including phenoxy) is 1. The number of hydrogen-bond acceptors (Lipinski definition) is 1. The largest absolute Gasteiger partial charge is 0.466 e. The van der Waals surface area contributed by atoms with Crippen LogP contribution in [0.4, 0.5) is 5.69 Å². The van der Waals surface area contributed by atoms with Gasteiger partial charge in [0.05, 0.1) is 18.4 Å². The van der Waals surface area contributed by atoms with E-state index in [4.69, 9.17) is 17.9 Å². The monoisotopic (exact) mass is 182 g/mol. The Morgan fingerprint density at radius 2 is 2.14 bits per heavy atom. The topological polar surface area (TPSA) is 18.0 Å². The lowest BCUT2D eigenvalue weighted by molar-refractivity contribution is 0.460. The molecule has 1 atom stereocenters. The second-order valence-corrected chi connectivity index (χ2v) is 2.82. The van der Waals surface area contributed by atoms with E-state index in [1.165, 1.54) is 6.26 Å². The van der Waals surface area contributed by atoms with Crippen molar-refractivity contribution in [1.82, 2.24) is 0 Å². The van der Waals surface area contributed by atoms with E-state index in [2.05, 4.69) is 9.69 Å². The van der Waals surface area contributed by atoms with Crippen LogP contribution in [-0.2, 0) is 0 Å². The zero-order valence-corrected chi connectivity index (χ0v) is 7.27. The Labute approximate surface area is 81.9 Å². The summed E-state index contributed by atoms with van der Waals surface area (Å²) in [5, 5.41) is 0. The van der Waals surface area contributed by atoms with Gasteiger partial charge in [-0.3, -0.25) is 0 Å². The van der Waals surface area contributed by atoms with E-state index >= 15 is 0 Å². The Bertz CT molecular complexity index is 477. The normalized spacial score (nSPS) is 17.4. The highest BCUT2D eigenvalue weighted by molar-refractivity contribution is 5.62. The second-order valence-electron chi connectivity index (χ2n) is 2.82. The van der Waals surface area contributed by atoms with Crippen LogP contribution in [0.2, 0.25) is 0 Å². The van der Waals surface area contributed by atoms with Gasteiger partial charge in [0.15, 0.2) is 0 Å². The van der Waals surface area contributed by atoms with Crippen LogP contribution in [0.25, 0.3) is 9.69 Å². The van der Waals surface area contributed by atoms with Crippen molar-refractivity contribution in [2.45, 2.75) is 6.04 Å². The molecule has 1 aromatic carbocycles. The van der Waals surface area contributed by atoms with Crippen molar-refractivity contribution in [1.29, 1.82) is 0 Å². The van der Waals surface area contributed by atoms with E-state index in [0.29, 0.717) is 17.0 Å². The quantitative estimate of drug-likeness (QED) is 0.564. The van der Waals surface area contributed by atoms with Crippen molar-refractivity contribution in [2.75, 3.05) is 0 Å². The van der Waals surface area contributed by atoms with E-state index < -0.39 is 0 Å². The van der Waals surface area contributed by atoms with Gasteiger partial charge in [0.2, 0.25) is 5.69 Å². The molecular formula is C11H6N2O. The molecule has 1 aromatic rings. The van der Waals surface area contributed by atoms with Crippen LogP contribution in [0.3, 0.4) is 0 Å². The molecule has 1 unspecified atom stereocenters. The predicted octanol–water partition coefficient (Wildman–Crippen LogP) is 3.10. The first-order valence-electron chi connectivity index (χ1n) is 4.07. The van der Waals surface area contributed by atoms with Crippen LogP contribution < -0.4 is 4.74 Å². The maximum absolute atomic E-state index is 7.02. The van der Waals surface area contributed by atoms with Gasteiger partial charge in [-0.1, -0.05) is 12.1 Å². The van der Waals surface area contributed by atoms with E-state index in [0.717, 1.165) is 0 Å². The predicted molar refractivity (Wildman–Crippen MR) is 51.8 cm³/mol. The first kappa shape index (κ1) is 8.34. The van der Waals surface area contributed by atoms with E-state index in [1.807, 2.05) is 0 Å². The summed E-state index contributed by atoms with van der Waals surface area (Å²) in [6.07, 6.45) is 3.16. The van der Waals surface area contributed by atoms with Crippen molar-refractivity contribution < 1.29 is 4.74 Å². The maximum atomic E-state index is 7.02. The molecule has 0 N–H and O–H groups in total. The highest BCUT2D eigenvalue weighted by Gasteiger charge is 2.24. The van der Waals surface area contributed by atoms with Crippen LogP contribution >= 0.6 is 0 Å². The number of rotatable bonds is 0. The van der Waals surface area contributed by atoms with Crippen LogP contribution in [-0.4, -0.2) is 0 Å². The molecule has 1 aliphatic rings. The van der Waals surface area contributed by atoms with Crippen molar-refractivity contribution in [3.05, 3.63) is 58.9 Å². The molecule has 1 aliphatic heterocycles. The van der Waals surface area contributed by atoms with Crippen LogP contribution in [0.5, 0.6) is 5.75 Å². The number of benzene rings is 1. The molecular weight excluding hydrogens is 176 g/mol. The van der Waals surface area contributed by atoms with Gasteiger partial charge in [0.25, 0.3) is 6.04 Å². The molecule has 0 aliphatic carbocycles. The summed E-state index contributed by atoms with van der Waals surface area (Å²) in [5.41, 5.74) is 1.17. The Hall–Kier alpha value is -2.26. The zero-order valence-electron chi connectivity index (χ0n) is 7.27. The molecule has 0 saturated heterocycles. The van der Waals surface area contributed by atoms with Gasteiger partial charge >= 0.3 is 0 Å². The maximum Gasteiger partial charge on any atom is 0.265 e. The second kappa shape index (κ2) is 3.24. The molecule has 0 bridgehead atoms. The molecule has 0 radical (unpaired) electrons. The SMILES string of the molecule is [C-]#[N+]c1cccc2c1C([N+]#[C-])C=CO2. The molecule has 3 nitrogen and oxygen atoms in total. The third-order valence-corrected chi connectivity index (χ3v) is 2.05. The van der Waals surface area contributed by atoms with E-state index in [9.17, 15) is 0 Å². The minimum Gasteiger partial charge on any atom is -0.466 e. The molecule has 0 amide bonds. The Morgan fingerprint density at radius 1 is 1.29 bits per heavy atom. The number of nitrogens with zero attached hydrogens (tertiary/aromatic N) is 2.